The molecule has 0 aliphatic carbocycles. The fraction of sp³-hybridized carbons (Fsp3) is 0.364. The first-order valence-electron chi connectivity index (χ1n) is 5.08. The van der Waals surface area contributed by atoms with Crippen LogP contribution in [0.4, 0.5) is 5.82 Å². The molecule has 0 amide bonds. The molecule has 2 heterocycles. The first-order chi connectivity index (χ1) is 7.72. The average molecular weight is 217 g/mol. The van der Waals surface area contributed by atoms with Crippen LogP contribution >= 0.6 is 0 Å². The average Bonchev–Trinajstić information content (AvgIpc) is 2.78. The fourth-order valence-corrected chi connectivity index (χ4v) is 1.92. The Bertz CT molecular complexity index is 436. The van der Waals surface area contributed by atoms with Crippen molar-refractivity contribution in [1.29, 1.82) is 5.26 Å². The molecular weight excluding hydrogens is 206 g/mol. The van der Waals surface area contributed by atoms with Gasteiger partial charge >= 0.3 is 5.97 Å². The molecule has 0 spiro atoms. The number of carboxylic acids is 1. The number of pyridine rings is 1. The summed E-state index contributed by atoms with van der Waals surface area (Å²) in [5.74, 6) is -0.187. The summed E-state index contributed by atoms with van der Waals surface area (Å²) in [6.07, 6.45) is 2.97. The Labute approximate surface area is 92.9 Å². The predicted octanol–water partition coefficient (Wildman–Crippen LogP) is 1.01. The van der Waals surface area contributed by atoms with Crippen molar-refractivity contribution in [2.24, 2.45) is 0 Å². The molecule has 16 heavy (non-hydrogen) atoms. The van der Waals surface area contributed by atoms with E-state index in [1.807, 2.05) is 6.07 Å². The molecule has 1 saturated heterocycles. The van der Waals surface area contributed by atoms with E-state index in [0.29, 0.717) is 24.3 Å². The minimum atomic E-state index is -0.816. The van der Waals surface area contributed by atoms with Crippen molar-refractivity contribution in [2.45, 2.75) is 18.9 Å². The SMILES string of the molecule is N#Cc1ccc(N2CCC[C@H]2C(=O)O)nc1. The summed E-state index contributed by atoms with van der Waals surface area (Å²) in [4.78, 5) is 16.9. The molecule has 0 unspecified atom stereocenters. The summed E-state index contributed by atoms with van der Waals surface area (Å²) in [6, 6.07) is 4.84. The topological polar surface area (TPSA) is 77.2 Å². The molecule has 1 aromatic rings. The van der Waals surface area contributed by atoms with Crippen molar-refractivity contribution in [3.05, 3.63) is 23.9 Å². The molecule has 1 fully saturated rings. The fourth-order valence-electron chi connectivity index (χ4n) is 1.92. The Hall–Kier alpha value is -2.09. The monoisotopic (exact) mass is 217 g/mol. The standard InChI is InChI=1S/C11H11N3O2/c12-6-8-3-4-10(13-7-8)14-5-1-2-9(14)11(15)16/h3-4,7,9H,1-2,5H2,(H,15,16)/t9-/m0/s1. The number of nitriles is 1. The molecule has 2 rings (SSSR count). The maximum Gasteiger partial charge on any atom is 0.326 e. The van der Waals surface area contributed by atoms with Gasteiger partial charge in [0, 0.05) is 12.7 Å². The van der Waals surface area contributed by atoms with Crippen molar-refractivity contribution in [3.63, 3.8) is 0 Å². The third-order valence-corrected chi connectivity index (χ3v) is 2.71. The van der Waals surface area contributed by atoms with Crippen LogP contribution in [-0.4, -0.2) is 28.6 Å². The van der Waals surface area contributed by atoms with Crippen LogP contribution in [0, 0.1) is 11.3 Å². The Balaban J connectivity index is 2.23. The lowest BCUT2D eigenvalue weighted by Crippen LogP contribution is -2.36. The highest BCUT2D eigenvalue weighted by Crippen LogP contribution is 2.23. The van der Waals surface area contributed by atoms with Crippen molar-refractivity contribution >= 4 is 11.8 Å². The van der Waals surface area contributed by atoms with Crippen molar-refractivity contribution in [1.82, 2.24) is 4.98 Å². The van der Waals surface area contributed by atoms with Crippen LogP contribution in [0.3, 0.4) is 0 Å². The Morgan fingerprint density at radius 3 is 3.00 bits per heavy atom. The van der Waals surface area contributed by atoms with Gasteiger partial charge in [-0.25, -0.2) is 9.78 Å². The Morgan fingerprint density at radius 1 is 1.62 bits per heavy atom. The highest BCUT2D eigenvalue weighted by atomic mass is 16.4. The van der Waals surface area contributed by atoms with Crippen LogP contribution in [0.5, 0.6) is 0 Å². The zero-order valence-electron chi connectivity index (χ0n) is 8.63. The van der Waals surface area contributed by atoms with Gasteiger partial charge in [-0.2, -0.15) is 5.26 Å². The molecule has 0 saturated carbocycles. The Morgan fingerprint density at radius 2 is 2.44 bits per heavy atom. The third kappa shape index (κ3) is 1.82. The normalized spacial score (nSPS) is 19.4. The Kier molecular flexibility index (Phi) is 2.73. The van der Waals surface area contributed by atoms with E-state index in [1.165, 1.54) is 6.20 Å². The maximum absolute atomic E-state index is 11.0. The van der Waals surface area contributed by atoms with E-state index in [-0.39, 0.29) is 0 Å². The van der Waals surface area contributed by atoms with Gasteiger partial charge in [0.1, 0.15) is 17.9 Å². The van der Waals surface area contributed by atoms with Crippen LogP contribution in [0.1, 0.15) is 18.4 Å². The van der Waals surface area contributed by atoms with Gasteiger partial charge < -0.3 is 10.0 Å². The van der Waals surface area contributed by atoms with E-state index in [4.69, 9.17) is 10.4 Å². The maximum atomic E-state index is 11.0. The predicted molar refractivity (Wildman–Crippen MR) is 57.0 cm³/mol. The summed E-state index contributed by atoms with van der Waals surface area (Å²) < 4.78 is 0. The van der Waals surface area contributed by atoms with Gasteiger partial charge in [0.2, 0.25) is 0 Å². The van der Waals surface area contributed by atoms with Gasteiger partial charge in [-0.3, -0.25) is 0 Å². The van der Waals surface area contributed by atoms with Crippen molar-refractivity contribution in [2.75, 3.05) is 11.4 Å². The molecule has 1 aliphatic rings. The van der Waals surface area contributed by atoms with Crippen LogP contribution < -0.4 is 4.90 Å². The number of aromatic nitrogens is 1. The summed E-state index contributed by atoms with van der Waals surface area (Å²) in [6.45, 7) is 0.704. The van der Waals surface area contributed by atoms with E-state index in [2.05, 4.69) is 4.98 Å². The highest BCUT2D eigenvalue weighted by molar-refractivity contribution is 5.78. The molecule has 0 bridgehead atoms. The van der Waals surface area contributed by atoms with Gasteiger partial charge in [0.15, 0.2) is 0 Å². The number of rotatable bonds is 2. The molecule has 1 aromatic heterocycles. The van der Waals surface area contributed by atoms with Crippen LogP contribution in [0.2, 0.25) is 0 Å². The minimum absolute atomic E-state index is 0.481. The third-order valence-electron chi connectivity index (χ3n) is 2.71. The number of carboxylic acid groups (broad SMARTS) is 1. The van der Waals surface area contributed by atoms with E-state index >= 15 is 0 Å². The lowest BCUT2D eigenvalue weighted by Gasteiger charge is -2.22. The van der Waals surface area contributed by atoms with Crippen molar-refractivity contribution in [3.8, 4) is 6.07 Å². The number of hydrogen-bond donors (Lipinski definition) is 1. The zero-order chi connectivity index (χ0) is 11.5. The molecule has 0 radical (unpaired) electrons. The molecule has 0 aromatic carbocycles. The highest BCUT2D eigenvalue weighted by Gasteiger charge is 2.31. The summed E-state index contributed by atoms with van der Waals surface area (Å²) in [5, 5.41) is 17.7. The summed E-state index contributed by atoms with van der Waals surface area (Å²) in [5.41, 5.74) is 0.481. The van der Waals surface area contributed by atoms with Gasteiger partial charge in [-0.15, -0.1) is 0 Å². The lowest BCUT2D eigenvalue weighted by molar-refractivity contribution is -0.138. The molecule has 1 aliphatic heterocycles. The largest absolute Gasteiger partial charge is 0.480 e. The minimum Gasteiger partial charge on any atom is -0.480 e. The quantitative estimate of drug-likeness (QED) is 0.799. The lowest BCUT2D eigenvalue weighted by atomic mass is 10.2. The molecule has 5 nitrogen and oxygen atoms in total. The number of carbonyl (C=O) groups is 1. The first-order valence-corrected chi connectivity index (χ1v) is 5.08. The zero-order valence-corrected chi connectivity index (χ0v) is 8.63. The second-order valence-electron chi connectivity index (χ2n) is 3.71. The van der Waals surface area contributed by atoms with Crippen LogP contribution in [0.15, 0.2) is 18.3 Å². The van der Waals surface area contributed by atoms with E-state index in [1.54, 1.807) is 17.0 Å². The summed E-state index contributed by atoms with van der Waals surface area (Å²) in [7, 11) is 0. The van der Waals surface area contributed by atoms with E-state index in [9.17, 15) is 4.79 Å². The molecule has 1 N–H and O–H groups in total. The smallest absolute Gasteiger partial charge is 0.326 e. The second kappa shape index (κ2) is 4.19. The van der Waals surface area contributed by atoms with Gasteiger partial charge in [-0.1, -0.05) is 0 Å². The van der Waals surface area contributed by atoms with Gasteiger partial charge in [-0.05, 0) is 25.0 Å². The van der Waals surface area contributed by atoms with E-state index < -0.39 is 12.0 Å². The van der Waals surface area contributed by atoms with Crippen LogP contribution in [-0.2, 0) is 4.79 Å². The summed E-state index contributed by atoms with van der Waals surface area (Å²) >= 11 is 0. The van der Waals surface area contributed by atoms with Crippen molar-refractivity contribution < 1.29 is 9.90 Å². The van der Waals surface area contributed by atoms with Crippen LogP contribution in [0.25, 0.3) is 0 Å². The van der Waals surface area contributed by atoms with E-state index in [0.717, 1.165) is 6.42 Å². The second-order valence-corrected chi connectivity index (χ2v) is 3.71. The number of aliphatic carboxylic acids is 1. The van der Waals surface area contributed by atoms with Gasteiger partial charge in [0.05, 0.1) is 5.56 Å². The number of nitrogens with zero attached hydrogens (tertiary/aromatic N) is 3. The number of hydrogen-bond acceptors (Lipinski definition) is 4. The molecular formula is C11H11N3O2. The molecule has 1 atom stereocenters. The first kappa shape index (κ1) is 10.4. The molecule has 82 valence electrons. The molecule has 5 heteroatoms. The number of anilines is 1. The van der Waals surface area contributed by atoms with Gasteiger partial charge in [0.25, 0.3) is 0 Å².